The van der Waals surface area contributed by atoms with Gasteiger partial charge in [-0.05, 0) is 34.7 Å². The van der Waals surface area contributed by atoms with Gasteiger partial charge in [-0.2, -0.15) is 5.26 Å². The largest absolute Gasteiger partial charge is 0.308 e. The molecule has 0 aliphatic heterocycles. The number of thiazole rings is 1. The standard InChI is InChI=1S/C19H18N2OS/c1-19(2,3)12-21-16-9-8-13(10-17(16)23-18(21)22)15-7-5-4-6-14(15)11-20/h4-10H,12H2,1-3H3. The SMILES string of the molecule is CC(C)(C)Cn1c(=O)sc2cc(-c3ccccc3C#N)ccc21. The van der Waals surface area contributed by atoms with Gasteiger partial charge < -0.3 is 0 Å². The van der Waals surface area contributed by atoms with Gasteiger partial charge in [0.25, 0.3) is 0 Å². The molecular formula is C19H18N2OS. The zero-order valence-electron chi connectivity index (χ0n) is 13.5. The number of hydrogen-bond donors (Lipinski definition) is 0. The predicted octanol–water partition coefficient (Wildman–Crippen LogP) is 4.65. The Hall–Kier alpha value is -2.38. The highest BCUT2D eigenvalue weighted by atomic mass is 32.1. The van der Waals surface area contributed by atoms with E-state index in [1.807, 2.05) is 47.0 Å². The smallest absolute Gasteiger partial charge is 0.298 e. The number of aromatic nitrogens is 1. The van der Waals surface area contributed by atoms with E-state index >= 15 is 0 Å². The fourth-order valence-corrected chi connectivity index (χ4v) is 3.62. The zero-order chi connectivity index (χ0) is 16.6. The third kappa shape index (κ3) is 3.06. The molecule has 0 N–H and O–H groups in total. The summed E-state index contributed by atoms with van der Waals surface area (Å²) >= 11 is 1.27. The summed E-state index contributed by atoms with van der Waals surface area (Å²) in [5.41, 5.74) is 3.53. The van der Waals surface area contributed by atoms with Crippen LogP contribution in [-0.2, 0) is 6.54 Å². The highest BCUT2D eigenvalue weighted by Crippen LogP contribution is 2.29. The third-order valence-corrected chi connectivity index (χ3v) is 4.60. The van der Waals surface area contributed by atoms with Crippen molar-refractivity contribution in [3.8, 4) is 17.2 Å². The molecule has 4 heteroatoms. The quantitative estimate of drug-likeness (QED) is 0.689. The second-order valence-corrected chi connectivity index (χ2v) is 7.85. The van der Waals surface area contributed by atoms with Gasteiger partial charge in [0, 0.05) is 6.54 Å². The lowest BCUT2D eigenvalue weighted by atomic mass is 9.96. The summed E-state index contributed by atoms with van der Waals surface area (Å²) in [5, 5.41) is 9.27. The number of benzene rings is 2. The summed E-state index contributed by atoms with van der Waals surface area (Å²) in [7, 11) is 0. The molecule has 0 bridgehead atoms. The predicted molar refractivity (Wildman–Crippen MR) is 95.7 cm³/mol. The third-order valence-electron chi connectivity index (χ3n) is 3.66. The van der Waals surface area contributed by atoms with Crippen LogP contribution in [0.2, 0.25) is 0 Å². The lowest BCUT2D eigenvalue weighted by molar-refractivity contribution is 0.346. The number of hydrogen-bond acceptors (Lipinski definition) is 3. The molecule has 3 nitrogen and oxygen atoms in total. The normalized spacial score (nSPS) is 11.6. The molecule has 0 amide bonds. The number of nitriles is 1. The molecule has 0 aliphatic carbocycles. The first kappa shape index (κ1) is 15.5. The molecule has 3 aromatic rings. The zero-order valence-corrected chi connectivity index (χ0v) is 14.3. The fraction of sp³-hybridized carbons (Fsp3) is 0.263. The van der Waals surface area contributed by atoms with Gasteiger partial charge >= 0.3 is 4.87 Å². The summed E-state index contributed by atoms with van der Waals surface area (Å²) in [5.74, 6) is 0. The highest BCUT2D eigenvalue weighted by molar-refractivity contribution is 7.16. The summed E-state index contributed by atoms with van der Waals surface area (Å²) in [6.45, 7) is 7.07. The molecule has 1 heterocycles. The molecule has 0 radical (unpaired) electrons. The molecule has 3 rings (SSSR count). The van der Waals surface area contributed by atoms with E-state index in [2.05, 4.69) is 26.8 Å². The molecular weight excluding hydrogens is 304 g/mol. The maximum Gasteiger partial charge on any atom is 0.308 e. The van der Waals surface area contributed by atoms with Crippen molar-refractivity contribution in [2.45, 2.75) is 27.3 Å². The van der Waals surface area contributed by atoms with Crippen LogP contribution < -0.4 is 4.87 Å². The molecule has 2 aromatic carbocycles. The Morgan fingerprint density at radius 2 is 1.91 bits per heavy atom. The van der Waals surface area contributed by atoms with Crippen molar-refractivity contribution in [3.63, 3.8) is 0 Å². The van der Waals surface area contributed by atoms with Crippen LogP contribution >= 0.6 is 11.3 Å². The highest BCUT2D eigenvalue weighted by Gasteiger charge is 2.16. The minimum absolute atomic E-state index is 0.0455. The monoisotopic (exact) mass is 322 g/mol. The van der Waals surface area contributed by atoms with Crippen LogP contribution in [0.25, 0.3) is 21.3 Å². The minimum atomic E-state index is 0.0455. The molecule has 0 unspecified atom stereocenters. The van der Waals surface area contributed by atoms with E-state index < -0.39 is 0 Å². The molecule has 0 atom stereocenters. The van der Waals surface area contributed by atoms with Gasteiger partial charge in [-0.25, -0.2) is 0 Å². The van der Waals surface area contributed by atoms with Gasteiger partial charge in [0.2, 0.25) is 0 Å². The second kappa shape index (κ2) is 5.68. The summed E-state index contributed by atoms with van der Waals surface area (Å²) in [4.78, 5) is 12.4. The van der Waals surface area contributed by atoms with Gasteiger partial charge in [0.1, 0.15) is 0 Å². The summed E-state index contributed by atoms with van der Waals surface area (Å²) in [6, 6.07) is 15.8. The Balaban J connectivity index is 2.15. The number of fused-ring (bicyclic) bond motifs is 1. The van der Waals surface area contributed by atoms with Crippen LogP contribution in [0.3, 0.4) is 0 Å². The average Bonchev–Trinajstić information content (AvgIpc) is 2.80. The van der Waals surface area contributed by atoms with Crippen LogP contribution in [-0.4, -0.2) is 4.57 Å². The maximum absolute atomic E-state index is 12.3. The van der Waals surface area contributed by atoms with Crippen LogP contribution in [0, 0.1) is 16.7 Å². The lowest BCUT2D eigenvalue weighted by Gasteiger charge is -2.18. The van der Waals surface area contributed by atoms with Crippen molar-refractivity contribution in [2.24, 2.45) is 5.41 Å². The van der Waals surface area contributed by atoms with Crippen molar-refractivity contribution >= 4 is 21.6 Å². The maximum atomic E-state index is 12.3. The molecule has 0 fully saturated rings. The van der Waals surface area contributed by atoms with E-state index in [1.165, 1.54) is 11.3 Å². The van der Waals surface area contributed by atoms with Crippen LogP contribution in [0.4, 0.5) is 0 Å². The molecule has 0 saturated carbocycles. The van der Waals surface area contributed by atoms with Crippen LogP contribution in [0.5, 0.6) is 0 Å². The Kier molecular flexibility index (Phi) is 3.83. The summed E-state index contributed by atoms with van der Waals surface area (Å²) in [6.07, 6.45) is 0. The van der Waals surface area contributed by atoms with E-state index in [4.69, 9.17) is 0 Å². The minimum Gasteiger partial charge on any atom is -0.298 e. The Bertz CT molecular complexity index is 967. The van der Waals surface area contributed by atoms with Gasteiger partial charge in [0.05, 0.1) is 21.8 Å². The van der Waals surface area contributed by atoms with Crippen molar-refractivity contribution in [1.82, 2.24) is 4.57 Å². The molecule has 0 aliphatic rings. The van der Waals surface area contributed by atoms with Gasteiger partial charge in [-0.1, -0.05) is 56.4 Å². The van der Waals surface area contributed by atoms with Crippen molar-refractivity contribution in [2.75, 3.05) is 0 Å². The van der Waals surface area contributed by atoms with Gasteiger partial charge in [0.15, 0.2) is 0 Å². The first-order valence-corrected chi connectivity index (χ1v) is 8.33. The Labute approximate surface area is 139 Å². The van der Waals surface area contributed by atoms with Crippen LogP contribution in [0.1, 0.15) is 26.3 Å². The molecule has 1 aromatic heterocycles. The molecule has 23 heavy (non-hydrogen) atoms. The lowest BCUT2D eigenvalue weighted by Crippen LogP contribution is -2.22. The van der Waals surface area contributed by atoms with E-state index in [0.717, 1.165) is 21.3 Å². The number of nitrogens with zero attached hydrogens (tertiary/aromatic N) is 2. The van der Waals surface area contributed by atoms with E-state index in [0.29, 0.717) is 12.1 Å². The average molecular weight is 322 g/mol. The van der Waals surface area contributed by atoms with Crippen molar-refractivity contribution < 1.29 is 0 Å². The van der Waals surface area contributed by atoms with E-state index in [-0.39, 0.29) is 10.3 Å². The number of rotatable bonds is 2. The first-order chi connectivity index (χ1) is 10.9. The van der Waals surface area contributed by atoms with E-state index in [1.54, 1.807) is 0 Å². The van der Waals surface area contributed by atoms with Crippen molar-refractivity contribution in [3.05, 3.63) is 57.7 Å². The Morgan fingerprint density at radius 3 is 2.61 bits per heavy atom. The van der Waals surface area contributed by atoms with Crippen molar-refractivity contribution in [1.29, 1.82) is 5.26 Å². The fourth-order valence-electron chi connectivity index (χ4n) is 2.69. The molecule has 116 valence electrons. The van der Waals surface area contributed by atoms with Gasteiger partial charge in [-0.15, -0.1) is 0 Å². The summed E-state index contributed by atoms with van der Waals surface area (Å²) < 4.78 is 2.81. The Morgan fingerprint density at radius 1 is 1.17 bits per heavy atom. The van der Waals surface area contributed by atoms with Crippen LogP contribution in [0.15, 0.2) is 47.3 Å². The molecule has 0 spiro atoms. The van der Waals surface area contributed by atoms with E-state index in [9.17, 15) is 10.1 Å². The second-order valence-electron chi connectivity index (χ2n) is 6.85. The topological polar surface area (TPSA) is 45.8 Å². The molecule has 0 saturated heterocycles. The first-order valence-electron chi connectivity index (χ1n) is 7.52. The van der Waals surface area contributed by atoms with Gasteiger partial charge in [-0.3, -0.25) is 9.36 Å².